The van der Waals surface area contributed by atoms with Crippen molar-refractivity contribution >= 4 is 5.91 Å². The van der Waals surface area contributed by atoms with E-state index in [2.05, 4.69) is 12.6 Å². The van der Waals surface area contributed by atoms with Gasteiger partial charge in [-0.25, -0.2) is 0 Å². The second-order valence-electron chi connectivity index (χ2n) is 3.38. The van der Waals surface area contributed by atoms with Crippen LogP contribution in [0.25, 0.3) is 0 Å². The van der Waals surface area contributed by atoms with Crippen LogP contribution in [-0.2, 0) is 4.79 Å². The summed E-state index contributed by atoms with van der Waals surface area (Å²) < 4.78 is 0. The molecule has 0 radical (unpaired) electrons. The summed E-state index contributed by atoms with van der Waals surface area (Å²) in [5.41, 5.74) is 5.60. The van der Waals surface area contributed by atoms with E-state index in [4.69, 9.17) is 11.0 Å². The maximum Gasteiger partial charge on any atom is 0.239 e. The van der Waals surface area contributed by atoms with E-state index >= 15 is 0 Å². The normalized spacial score (nSPS) is 13.9. The summed E-state index contributed by atoms with van der Waals surface area (Å²) >= 11 is 0. The molecule has 14 heavy (non-hydrogen) atoms. The predicted octanol–water partition coefficient (Wildman–Crippen LogP) is 0.508. The first-order valence-corrected chi connectivity index (χ1v) is 4.54. The molecule has 4 nitrogen and oxygen atoms in total. The zero-order valence-corrected chi connectivity index (χ0v) is 8.73. The Labute approximate surface area is 85.0 Å². The molecule has 0 rings (SSSR count). The minimum Gasteiger partial charge on any atom is -0.343 e. The third-order valence-corrected chi connectivity index (χ3v) is 1.88. The van der Waals surface area contributed by atoms with Gasteiger partial charge < -0.3 is 10.6 Å². The number of likely N-dealkylation sites (N-methyl/N-ethyl adjacent to an activating group) is 1. The molecule has 2 atom stereocenters. The molecule has 2 unspecified atom stereocenters. The van der Waals surface area contributed by atoms with Crippen LogP contribution in [0.1, 0.15) is 13.3 Å². The van der Waals surface area contributed by atoms with Crippen molar-refractivity contribution in [1.29, 1.82) is 5.26 Å². The van der Waals surface area contributed by atoms with E-state index in [0.29, 0.717) is 13.0 Å². The van der Waals surface area contributed by atoms with Crippen LogP contribution >= 0.6 is 0 Å². The lowest BCUT2D eigenvalue weighted by molar-refractivity contribution is -0.131. The van der Waals surface area contributed by atoms with Gasteiger partial charge in [-0.15, -0.1) is 6.58 Å². The van der Waals surface area contributed by atoms with Crippen molar-refractivity contribution in [2.24, 2.45) is 11.7 Å². The van der Waals surface area contributed by atoms with Crippen LogP contribution in [0.15, 0.2) is 12.7 Å². The molecule has 1 amide bonds. The molecule has 0 aliphatic heterocycles. The fourth-order valence-corrected chi connectivity index (χ4v) is 1.11. The molecule has 0 aliphatic carbocycles. The van der Waals surface area contributed by atoms with Crippen LogP contribution in [0.5, 0.6) is 0 Å². The monoisotopic (exact) mass is 195 g/mol. The van der Waals surface area contributed by atoms with E-state index in [1.165, 1.54) is 4.90 Å². The molecule has 0 saturated carbocycles. The Bertz CT molecular complexity index is 244. The van der Waals surface area contributed by atoms with Gasteiger partial charge in [0.25, 0.3) is 0 Å². The minimum absolute atomic E-state index is 0.146. The summed E-state index contributed by atoms with van der Waals surface area (Å²) in [6.07, 6.45) is 2.08. The number of hydrogen-bond donors (Lipinski definition) is 1. The van der Waals surface area contributed by atoms with Gasteiger partial charge in [-0.3, -0.25) is 4.79 Å². The molecule has 0 aliphatic rings. The van der Waals surface area contributed by atoms with E-state index in [1.807, 2.05) is 0 Å². The first kappa shape index (κ1) is 12.7. The smallest absolute Gasteiger partial charge is 0.239 e. The van der Waals surface area contributed by atoms with Crippen LogP contribution in [0.4, 0.5) is 0 Å². The van der Waals surface area contributed by atoms with Crippen LogP contribution in [0.2, 0.25) is 0 Å². The third kappa shape index (κ3) is 4.06. The van der Waals surface area contributed by atoms with E-state index in [0.717, 1.165) is 0 Å². The zero-order valence-electron chi connectivity index (χ0n) is 8.73. The van der Waals surface area contributed by atoms with Crippen LogP contribution < -0.4 is 5.73 Å². The van der Waals surface area contributed by atoms with Gasteiger partial charge in [0, 0.05) is 13.6 Å². The Balaban J connectivity index is 4.12. The number of carbonyl (C=O) groups is 1. The van der Waals surface area contributed by atoms with Crippen LogP contribution in [0, 0.1) is 17.2 Å². The van der Waals surface area contributed by atoms with Crippen LogP contribution in [-0.4, -0.2) is 30.4 Å². The number of amides is 1. The molecule has 0 heterocycles. The summed E-state index contributed by atoms with van der Waals surface area (Å²) in [5, 5.41) is 8.57. The van der Waals surface area contributed by atoms with Crippen molar-refractivity contribution in [3.63, 3.8) is 0 Å². The fourth-order valence-electron chi connectivity index (χ4n) is 1.11. The van der Waals surface area contributed by atoms with Gasteiger partial charge >= 0.3 is 0 Å². The molecule has 0 spiro atoms. The van der Waals surface area contributed by atoms with Gasteiger partial charge in [0.15, 0.2) is 0 Å². The number of nitrogens with zero attached hydrogens (tertiary/aromatic N) is 2. The second-order valence-corrected chi connectivity index (χ2v) is 3.38. The molecule has 0 aromatic carbocycles. The molecule has 0 bridgehead atoms. The highest BCUT2D eigenvalue weighted by Gasteiger charge is 2.17. The van der Waals surface area contributed by atoms with Crippen molar-refractivity contribution < 1.29 is 4.79 Å². The number of nitrogens with two attached hydrogens (primary N) is 1. The van der Waals surface area contributed by atoms with E-state index in [-0.39, 0.29) is 11.8 Å². The molecule has 4 heteroatoms. The van der Waals surface area contributed by atoms with Crippen molar-refractivity contribution in [3.8, 4) is 6.07 Å². The maximum absolute atomic E-state index is 11.5. The van der Waals surface area contributed by atoms with Crippen molar-refractivity contribution in [3.05, 3.63) is 12.7 Å². The standard InChI is InChI=1S/C10H17N3O/c1-4-5-9(12)10(14)13(3)7-8(2)6-11/h4,8-9H,1,5,7,12H2,2-3H3. The summed E-state index contributed by atoms with van der Waals surface area (Å²) in [6, 6.07) is 1.53. The summed E-state index contributed by atoms with van der Waals surface area (Å²) in [4.78, 5) is 13.0. The first-order chi connectivity index (χ1) is 6.52. The van der Waals surface area contributed by atoms with E-state index < -0.39 is 6.04 Å². The molecular weight excluding hydrogens is 178 g/mol. The van der Waals surface area contributed by atoms with Crippen molar-refractivity contribution in [2.75, 3.05) is 13.6 Å². The Morgan fingerprint density at radius 3 is 2.79 bits per heavy atom. The van der Waals surface area contributed by atoms with Crippen molar-refractivity contribution in [1.82, 2.24) is 4.90 Å². The quantitative estimate of drug-likeness (QED) is 0.650. The summed E-state index contributed by atoms with van der Waals surface area (Å²) in [5.74, 6) is -0.313. The number of hydrogen-bond acceptors (Lipinski definition) is 3. The Kier molecular flexibility index (Phi) is 5.58. The molecule has 0 aromatic heterocycles. The van der Waals surface area contributed by atoms with Gasteiger partial charge in [0.05, 0.1) is 18.0 Å². The Hall–Kier alpha value is -1.34. The molecule has 0 saturated heterocycles. The average Bonchev–Trinajstić information content (AvgIpc) is 2.16. The van der Waals surface area contributed by atoms with Gasteiger partial charge in [-0.05, 0) is 13.3 Å². The SMILES string of the molecule is C=CCC(N)C(=O)N(C)CC(C)C#N. The van der Waals surface area contributed by atoms with E-state index in [9.17, 15) is 4.79 Å². The van der Waals surface area contributed by atoms with Crippen molar-refractivity contribution in [2.45, 2.75) is 19.4 Å². The largest absolute Gasteiger partial charge is 0.343 e. The Morgan fingerprint density at radius 1 is 1.79 bits per heavy atom. The Morgan fingerprint density at radius 2 is 2.36 bits per heavy atom. The molecule has 78 valence electrons. The van der Waals surface area contributed by atoms with Gasteiger partial charge in [-0.2, -0.15) is 5.26 Å². The summed E-state index contributed by atoms with van der Waals surface area (Å²) in [7, 11) is 1.65. The molecular formula is C10H17N3O. The number of rotatable bonds is 5. The highest BCUT2D eigenvalue weighted by Crippen LogP contribution is 2.00. The first-order valence-electron chi connectivity index (χ1n) is 4.54. The van der Waals surface area contributed by atoms with E-state index in [1.54, 1.807) is 20.0 Å². The summed E-state index contributed by atoms with van der Waals surface area (Å²) in [6.45, 7) is 5.70. The maximum atomic E-state index is 11.5. The van der Waals surface area contributed by atoms with Gasteiger partial charge in [-0.1, -0.05) is 6.08 Å². The number of nitriles is 1. The van der Waals surface area contributed by atoms with Gasteiger partial charge in [0.2, 0.25) is 5.91 Å². The van der Waals surface area contributed by atoms with Gasteiger partial charge in [0.1, 0.15) is 0 Å². The second kappa shape index (κ2) is 6.17. The zero-order chi connectivity index (χ0) is 11.1. The highest BCUT2D eigenvalue weighted by molar-refractivity contribution is 5.81. The lowest BCUT2D eigenvalue weighted by Crippen LogP contribution is -2.42. The number of carbonyl (C=O) groups excluding carboxylic acids is 1. The highest BCUT2D eigenvalue weighted by atomic mass is 16.2. The third-order valence-electron chi connectivity index (χ3n) is 1.88. The lowest BCUT2D eigenvalue weighted by atomic mass is 10.1. The predicted molar refractivity (Wildman–Crippen MR) is 55.2 cm³/mol. The minimum atomic E-state index is -0.539. The molecule has 0 fully saturated rings. The molecule has 2 N–H and O–H groups in total. The topological polar surface area (TPSA) is 70.1 Å². The fraction of sp³-hybridized carbons (Fsp3) is 0.600. The average molecular weight is 195 g/mol. The van der Waals surface area contributed by atoms with Crippen LogP contribution in [0.3, 0.4) is 0 Å². The lowest BCUT2D eigenvalue weighted by Gasteiger charge is -2.21. The molecule has 0 aromatic rings.